The van der Waals surface area contributed by atoms with Crippen LogP contribution in [0.25, 0.3) is 3.58 Å². The Morgan fingerprint density at radius 1 is 0.947 bits per heavy atom. The van der Waals surface area contributed by atoms with Crippen LogP contribution in [0.4, 0.5) is 26.3 Å². The molecule has 0 radical (unpaired) electrons. The summed E-state index contributed by atoms with van der Waals surface area (Å²) in [6.45, 7) is 0. The van der Waals surface area contributed by atoms with Crippen LogP contribution >= 0.6 is 45.2 Å². The highest BCUT2D eigenvalue weighted by molar-refractivity contribution is 14.1. The van der Waals surface area contributed by atoms with Gasteiger partial charge < -0.3 is 0 Å². The fraction of sp³-hybridized carbons (Fsp3) is 0.273. The summed E-state index contributed by atoms with van der Waals surface area (Å²) >= 11 is 1.41. The average Bonchev–Trinajstić information content (AvgIpc) is 2.28. The predicted molar refractivity (Wildman–Crippen MR) is 77.3 cm³/mol. The van der Waals surface area contributed by atoms with Gasteiger partial charge in [0.25, 0.3) is 0 Å². The average molecular weight is 506 g/mol. The predicted octanol–water partition coefficient (Wildman–Crippen LogP) is 5.76. The molecule has 0 aliphatic carbocycles. The fourth-order valence-corrected chi connectivity index (χ4v) is 2.23. The molecule has 19 heavy (non-hydrogen) atoms. The Bertz CT molecular complexity index is 464. The summed E-state index contributed by atoms with van der Waals surface area (Å²) in [7, 11) is 0. The van der Waals surface area contributed by atoms with Crippen molar-refractivity contribution >= 4 is 48.8 Å². The molecule has 0 spiro atoms. The zero-order chi connectivity index (χ0) is 14.9. The van der Waals surface area contributed by atoms with Gasteiger partial charge in [-0.25, -0.2) is 0 Å². The second-order valence-electron chi connectivity index (χ2n) is 3.55. The second kappa shape index (κ2) is 5.78. The summed E-state index contributed by atoms with van der Waals surface area (Å²) in [5, 5.41) is 0. The molecule has 0 fully saturated rings. The van der Waals surface area contributed by atoms with Crippen LogP contribution in [0.5, 0.6) is 0 Å². The minimum atomic E-state index is -5.47. The van der Waals surface area contributed by atoms with E-state index in [1.165, 1.54) is 46.9 Å². The number of benzene rings is 1. The van der Waals surface area contributed by atoms with E-state index in [-0.39, 0.29) is 37.8 Å². The molecule has 106 valence electrons. The maximum atomic E-state index is 13.3. The molecule has 0 bridgehead atoms. The van der Waals surface area contributed by atoms with Gasteiger partial charge in [0, 0.05) is 32.2 Å². The molecule has 0 aliphatic heterocycles. The fourth-order valence-electron chi connectivity index (χ4n) is 1.12. The van der Waals surface area contributed by atoms with Gasteiger partial charge in [-0.1, -0.05) is 30.3 Å². The van der Waals surface area contributed by atoms with Gasteiger partial charge >= 0.3 is 15.8 Å². The number of halogens is 8. The molecule has 1 aromatic carbocycles. The molecular weight excluding hydrogens is 500 g/mol. The summed E-state index contributed by atoms with van der Waals surface area (Å²) in [6, 6.07) is 7.47. The zero-order valence-corrected chi connectivity index (χ0v) is 13.3. The lowest BCUT2D eigenvalue weighted by Crippen LogP contribution is -2.49. The molecule has 0 aromatic heterocycles. The van der Waals surface area contributed by atoms with Gasteiger partial charge in [-0.2, -0.15) is 26.3 Å². The summed E-state index contributed by atoms with van der Waals surface area (Å²) in [6.07, 6.45) is -0.143. The lowest BCUT2D eigenvalue weighted by Gasteiger charge is -2.27. The van der Waals surface area contributed by atoms with Gasteiger partial charge in [-0.05, 0) is 28.2 Å². The number of allylic oxidation sites excluding steroid dienone is 1. The van der Waals surface area contributed by atoms with Crippen molar-refractivity contribution in [1.29, 1.82) is 0 Å². The van der Waals surface area contributed by atoms with Gasteiger partial charge in [0.1, 0.15) is 0 Å². The van der Waals surface area contributed by atoms with Crippen LogP contribution in [0.2, 0.25) is 0 Å². The van der Waals surface area contributed by atoms with Crippen LogP contribution in [0, 0.1) is 0 Å². The maximum absolute atomic E-state index is 13.3. The van der Waals surface area contributed by atoms with Crippen LogP contribution < -0.4 is 0 Å². The van der Waals surface area contributed by atoms with Crippen LogP contribution in [-0.2, 0) is 0 Å². The molecule has 0 nitrogen and oxygen atoms in total. The van der Waals surface area contributed by atoms with Crippen LogP contribution in [0.3, 0.4) is 0 Å². The number of rotatable bonds is 4. The third-order valence-corrected chi connectivity index (χ3v) is 3.74. The van der Waals surface area contributed by atoms with E-state index in [4.69, 9.17) is 0 Å². The van der Waals surface area contributed by atoms with E-state index in [1.807, 2.05) is 0 Å². The van der Waals surface area contributed by atoms with Crippen molar-refractivity contribution in [3.63, 3.8) is 0 Å². The van der Waals surface area contributed by atoms with Crippen LogP contribution in [0.1, 0.15) is 5.56 Å². The molecule has 8 heteroatoms. The molecule has 0 amide bonds. The highest BCUT2D eigenvalue weighted by Crippen LogP contribution is 2.50. The smallest absolute Gasteiger partial charge is 0.195 e. The first-order valence-electron chi connectivity index (χ1n) is 4.75. The van der Waals surface area contributed by atoms with Gasteiger partial charge in [-0.3, -0.25) is 0 Å². The third kappa shape index (κ3) is 3.76. The van der Waals surface area contributed by atoms with E-state index in [0.717, 1.165) is 0 Å². The largest absolute Gasteiger partial charge is 0.384 e. The zero-order valence-electron chi connectivity index (χ0n) is 8.99. The van der Waals surface area contributed by atoms with Gasteiger partial charge in [0.05, 0.1) is 0 Å². The van der Waals surface area contributed by atoms with Crippen molar-refractivity contribution in [3.8, 4) is 0 Å². The van der Waals surface area contributed by atoms with Crippen LogP contribution in [-0.4, -0.2) is 15.8 Å². The Balaban J connectivity index is 3.16. The van der Waals surface area contributed by atoms with E-state index in [0.29, 0.717) is 0 Å². The molecule has 0 aliphatic rings. The van der Waals surface area contributed by atoms with Crippen molar-refractivity contribution < 1.29 is 26.3 Å². The van der Waals surface area contributed by atoms with Crippen molar-refractivity contribution in [2.24, 2.45) is 0 Å². The first-order valence-corrected chi connectivity index (χ1v) is 6.91. The summed E-state index contributed by atoms with van der Waals surface area (Å²) in [4.78, 5) is 0. The Morgan fingerprint density at radius 2 is 1.42 bits per heavy atom. The van der Waals surface area contributed by atoms with E-state index in [2.05, 4.69) is 0 Å². The van der Waals surface area contributed by atoms with Crippen molar-refractivity contribution in [3.05, 3.63) is 42.0 Å². The molecule has 0 unspecified atom stereocenters. The summed E-state index contributed by atoms with van der Waals surface area (Å²) < 4.78 is 72.8. The van der Waals surface area contributed by atoms with Gasteiger partial charge in [0.2, 0.25) is 0 Å². The Hall–Kier alpha value is 0. The number of hydrogen-bond donors (Lipinski definition) is 0. The molecule has 0 atom stereocenters. The SMILES string of the molecule is FC(F)(I)C(F)(F)C(F)(F)/C=C(/I)c1ccccc1. The highest BCUT2D eigenvalue weighted by Gasteiger charge is 2.69. The Morgan fingerprint density at radius 3 is 1.84 bits per heavy atom. The van der Waals surface area contributed by atoms with Crippen molar-refractivity contribution in [2.75, 3.05) is 0 Å². The molecule has 1 aromatic rings. The first-order chi connectivity index (χ1) is 8.49. The molecule has 0 heterocycles. The van der Waals surface area contributed by atoms with Gasteiger partial charge in [0.15, 0.2) is 0 Å². The van der Waals surface area contributed by atoms with E-state index in [9.17, 15) is 26.3 Å². The lowest BCUT2D eigenvalue weighted by molar-refractivity contribution is -0.248. The normalized spacial score (nSPS) is 14.6. The minimum Gasteiger partial charge on any atom is -0.195 e. The quantitative estimate of drug-likeness (QED) is 0.277. The molecule has 1 rings (SSSR count). The van der Waals surface area contributed by atoms with E-state index in [1.54, 1.807) is 6.07 Å². The number of alkyl halides is 7. The highest BCUT2D eigenvalue weighted by atomic mass is 127. The molecule has 0 N–H and O–H groups in total. The minimum absolute atomic E-state index is 0.0110. The topological polar surface area (TPSA) is 0 Å². The standard InChI is InChI=1S/C11H6F6I2/c12-9(13,10(14,15)11(16,17)19)6-8(18)7-4-2-1-3-5-7/h1-6H/b8-6+. The number of hydrogen-bond acceptors (Lipinski definition) is 0. The molecular formula is C11H6F6I2. The Labute approximate surface area is 132 Å². The van der Waals surface area contributed by atoms with E-state index >= 15 is 0 Å². The van der Waals surface area contributed by atoms with Gasteiger partial charge in [-0.15, -0.1) is 0 Å². The maximum Gasteiger partial charge on any atom is 0.384 e. The Kier molecular flexibility index (Phi) is 5.19. The van der Waals surface area contributed by atoms with Crippen LogP contribution in [0.15, 0.2) is 36.4 Å². The second-order valence-corrected chi connectivity index (χ2v) is 6.07. The van der Waals surface area contributed by atoms with Crippen molar-refractivity contribution in [1.82, 2.24) is 0 Å². The summed E-state index contributed by atoms with van der Waals surface area (Å²) in [5.41, 5.74) is 0.246. The molecule has 0 saturated heterocycles. The summed E-state index contributed by atoms with van der Waals surface area (Å²) in [5.74, 6) is -10.4. The first kappa shape index (κ1) is 17.1. The lowest BCUT2D eigenvalue weighted by atomic mass is 10.1. The third-order valence-electron chi connectivity index (χ3n) is 2.13. The monoisotopic (exact) mass is 506 g/mol. The van der Waals surface area contributed by atoms with E-state index < -0.39 is 15.8 Å². The van der Waals surface area contributed by atoms with Crippen molar-refractivity contribution in [2.45, 2.75) is 15.8 Å². The molecule has 0 saturated carbocycles.